The van der Waals surface area contributed by atoms with Gasteiger partial charge in [0.25, 0.3) is 0 Å². The molecule has 0 fully saturated rings. The predicted molar refractivity (Wildman–Crippen MR) is 50.6 cm³/mol. The maximum atomic E-state index is 8.35. The van der Waals surface area contributed by atoms with Crippen LogP contribution >= 0.6 is 0 Å². The van der Waals surface area contributed by atoms with Crippen molar-refractivity contribution < 1.29 is 0 Å². The van der Waals surface area contributed by atoms with E-state index in [4.69, 9.17) is 5.26 Å². The number of nitriles is 1. The lowest BCUT2D eigenvalue weighted by molar-refractivity contribution is 0.130. The molecule has 5 heteroatoms. The first-order valence-electron chi connectivity index (χ1n) is 4.22. The standard InChI is InChI=1S/C8H15N5/c1-8(2,3)13-5-11-7(10-4-9)12-6-13/h5-6H2,1-3H3,(H2,10,11,12). The second-order valence-corrected chi connectivity index (χ2v) is 3.93. The summed E-state index contributed by atoms with van der Waals surface area (Å²) in [6, 6.07) is 0. The fourth-order valence-electron chi connectivity index (χ4n) is 1.02. The third kappa shape index (κ3) is 2.60. The zero-order valence-corrected chi connectivity index (χ0v) is 8.26. The number of rotatable bonds is 0. The van der Waals surface area contributed by atoms with E-state index in [2.05, 4.69) is 41.3 Å². The summed E-state index contributed by atoms with van der Waals surface area (Å²) in [5.74, 6) is 0.558. The molecule has 0 unspecified atom stereocenters. The van der Waals surface area contributed by atoms with Gasteiger partial charge < -0.3 is 5.32 Å². The summed E-state index contributed by atoms with van der Waals surface area (Å²) in [4.78, 5) is 6.34. The first kappa shape index (κ1) is 9.81. The number of guanidine groups is 1. The first-order chi connectivity index (χ1) is 6.04. The average Bonchev–Trinajstić information content (AvgIpc) is 2.04. The molecule has 1 aliphatic rings. The van der Waals surface area contributed by atoms with Crippen molar-refractivity contribution in [2.75, 3.05) is 13.3 Å². The van der Waals surface area contributed by atoms with E-state index in [1.54, 1.807) is 0 Å². The summed E-state index contributed by atoms with van der Waals surface area (Å²) in [7, 11) is 0. The van der Waals surface area contributed by atoms with Gasteiger partial charge in [-0.05, 0) is 20.8 Å². The van der Waals surface area contributed by atoms with E-state index >= 15 is 0 Å². The normalized spacial score (nSPS) is 18.5. The van der Waals surface area contributed by atoms with Crippen molar-refractivity contribution in [2.45, 2.75) is 26.3 Å². The monoisotopic (exact) mass is 181 g/mol. The van der Waals surface area contributed by atoms with Crippen LogP contribution in [0.1, 0.15) is 20.8 Å². The zero-order chi connectivity index (χ0) is 9.90. The third-order valence-corrected chi connectivity index (χ3v) is 1.96. The smallest absolute Gasteiger partial charge is 0.207 e. The molecular weight excluding hydrogens is 166 g/mol. The van der Waals surface area contributed by atoms with E-state index < -0.39 is 0 Å². The van der Waals surface area contributed by atoms with Gasteiger partial charge in [0.15, 0.2) is 6.19 Å². The van der Waals surface area contributed by atoms with Gasteiger partial charge >= 0.3 is 0 Å². The molecule has 0 atom stereocenters. The Morgan fingerprint density at radius 2 is 2.31 bits per heavy atom. The van der Waals surface area contributed by atoms with E-state index in [1.807, 2.05) is 6.19 Å². The molecule has 2 N–H and O–H groups in total. The Labute approximate surface area is 78.4 Å². The van der Waals surface area contributed by atoms with Crippen molar-refractivity contribution in [1.29, 1.82) is 5.26 Å². The minimum absolute atomic E-state index is 0.106. The molecule has 0 aromatic heterocycles. The van der Waals surface area contributed by atoms with Crippen LogP contribution in [-0.4, -0.2) is 29.7 Å². The Hall–Kier alpha value is -1.28. The molecule has 1 heterocycles. The molecule has 13 heavy (non-hydrogen) atoms. The highest BCUT2D eigenvalue weighted by Crippen LogP contribution is 2.12. The van der Waals surface area contributed by atoms with Crippen LogP contribution in [0.25, 0.3) is 0 Å². The molecule has 1 aliphatic heterocycles. The lowest BCUT2D eigenvalue weighted by atomic mass is 10.1. The second-order valence-electron chi connectivity index (χ2n) is 3.93. The molecule has 0 aromatic carbocycles. The number of hydrogen-bond donors (Lipinski definition) is 2. The van der Waals surface area contributed by atoms with Gasteiger partial charge in [-0.1, -0.05) is 0 Å². The largest absolute Gasteiger partial charge is 0.343 e. The van der Waals surface area contributed by atoms with E-state index in [9.17, 15) is 0 Å². The molecule has 5 nitrogen and oxygen atoms in total. The maximum Gasteiger partial charge on any atom is 0.207 e. The van der Waals surface area contributed by atoms with E-state index in [-0.39, 0.29) is 5.54 Å². The molecule has 0 spiro atoms. The number of aliphatic imine (C=N–C) groups is 1. The minimum atomic E-state index is 0.106. The highest BCUT2D eigenvalue weighted by molar-refractivity contribution is 5.81. The lowest BCUT2D eigenvalue weighted by Gasteiger charge is -2.36. The maximum absolute atomic E-state index is 8.35. The van der Waals surface area contributed by atoms with Crippen LogP contribution in [0.2, 0.25) is 0 Å². The van der Waals surface area contributed by atoms with Crippen LogP contribution in [0.5, 0.6) is 0 Å². The quantitative estimate of drug-likeness (QED) is 0.409. The van der Waals surface area contributed by atoms with Crippen LogP contribution in [0.3, 0.4) is 0 Å². The van der Waals surface area contributed by atoms with E-state index in [1.165, 1.54) is 0 Å². The fraction of sp³-hybridized carbons (Fsp3) is 0.750. The number of hydrogen-bond acceptors (Lipinski definition) is 5. The van der Waals surface area contributed by atoms with Gasteiger partial charge in [0.05, 0.1) is 13.3 Å². The fourth-order valence-corrected chi connectivity index (χ4v) is 1.02. The SMILES string of the molecule is CC(C)(C)N1CN=C(NC#N)NC1. The van der Waals surface area contributed by atoms with Crippen LogP contribution in [0.4, 0.5) is 0 Å². The predicted octanol–water partition coefficient (Wildman–Crippen LogP) is 0.0318. The van der Waals surface area contributed by atoms with Gasteiger partial charge in [-0.25, -0.2) is 4.99 Å². The second kappa shape index (κ2) is 3.62. The zero-order valence-electron chi connectivity index (χ0n) is 8.26. The van der Waals surface area contributed by atoms with Gasteiger partial charge in [-0.2, -0.15) is 5.26 Å². The van der Waals surface area contributed by atoms with Crippen molar-refractivity contribution in [3.8, 4) is 6.19 Å². The van der Waals surface area contributed by atoms with Gasteiger partial charge in [0, 0.05) is 5.54 Å². The molecule has 0 amide bonds. The summed E-state index contributed by atoms with van der Waals surface area (Å²) in [5.41, 5.74) is 0.106. The van der Waals surface area contributed by atoms with Crippen LogP contribution in [0.15, 0.2) is 4.99 Å². The highest BCUT2D eigenvalue weighted by atomic mass is 15.4. The Morgan fingerprint density at radius 1 is 1.62 bits per heavy atom. The van der Waals surface area contributed by atoms with Crippen LogP contribution in [-0.2, 0) is 0 Å². The summed E-state index contributed by atoms with van der Waals surface area (Å²) in [5, 5.41) is 13.8. The van der Waals surface area contributed by atoms with Gasteiger partial charge in [0.1, 0.15) is 0 Å². The Balaban J connectivity index is 2.52. The Kier molecular flexibility index (Phi) is 2.73. The summed E-state index contributed by atoms with van der Waals surface area (Å²) < 4.78 is 0. The molecule has 0 radical (unpaired) electrons. The Morgan fingerprint density at radius 3 is 2.69 bits per heavy atom. The molecule has 0 aromatic rings. The van der Waals surface area contributed by atoms with Crippen LogP contribution < -0.4 is 10.6 Å². The average molecular weight is 181 g/mol. The molecule has 0 saturated carbocycles. The van der Waals surface area contributed by atoms with Crippen molar-refractivity contribution in [3.63, 3.8) is 0 Å². The minimum Gasteiger partial charge on any atom is -0.343 e. The molecule has 72 valence electrons. The van der Waals surface area contributed by atoms with Crippen molar-refractivity contribution in [1.82, 2.24) is 15.5 Å². The van der Waals surface area contributed by atoms with Gasteiger partial charge in [0.2, 0.25) is 5.96 Å². The van der Waals surface area contributed by atoms with Crippen molar-refractivity contribution in [2.24, 2.45) is 4.99 Å². The highest BCUT2D eigenvalue weighted by Gasteiger charge is 2.23. The van der Waals surface area contributed by atoms with Crippen molar-refractivity contribution in [3.05, 3.63) is 0 Å². The van der Waals surface area contributed by atoms with E-state index in [0.717, 1.165) is 6.67 Å². The summed E-state index contributed by atoms with van der Waals surface area (Å²) in [6.45, 7) is 7.74. The van der Waals surface area contributed by atoms with Crippen LogP contribution in [0, 0.1) is 11.5 Å². The molecule has 1 rings (SSSR count). The number of nitrogens with zero attached hydrogens (tertiary/aromatic N) is 3. The van der Waals surface area contributed by atoms with Gasteiger partial charge in [-0.3, -0.25) is 10.2 Å². The molecule has 0 bridgehead atoms. The molecule has 0 saturated heterocycles. The van der Waals surface area contributed by atoms with Crippen molar-refractivity contribution >= 4 is 5.96 Å². The topological polar surface area (TPSA) is 63.5 Å². The van der Waals surface area contributed by atoms with E-state index in [0.29, 0.717) is 12.6 Å². The molecule has 0 aliphatic carbocycles. The first-order valence-corrected chi connectivity index (χ1v) is 4.22. The lowest BCUT2D eigenvalue weighted by Crippen LogP contribution is -2.53. The third-order valence-electron chi connectivity index (χ3n) is 1.96. The summed E-state index contributed by atoms with van der Waals surface area (Å²) in [6.07, 6.45) is 1.83. The Bertz CT molecular complexity index is 244. The number of nitrogens with one attached hydrogen (secondary N) is 2. The molecular formula is C8H15N5. The van der Waals surface area contributed by atoms with Gasteiger partial charge in [-0.15, -0.1) is 0 Å². The summed E-state index contributed by atoms with van der Waals surface area (Å²) >= 11 is 0.